The molecule has 0 saturated heterocycles. The summed E-state index contributed by atoms with van der Waals surface area (Å²) in [7, 11) is 0. The molecule has 0 atom stereocenters. The fraction of sp³-hybridized carbons (Fsp3) is 0.458. The Hall–Kier alpha value is -1.81. The minimum absolute atomic E-state index is 0.0325. The number of carbonyl (C=O) groups excluding carboxylic acids is 1. The van der Waals surface area contributed by atoms with Crippen molar-refractivity contribution in [3.63, 3.8) is 0 Å². The van der Waals surface area contributed by atoms with Gasteiger partial charge in [0.1, 0.15) is 12.4 Å². The average molecular weight is 445 g/mol. The predicted octanol–water partition coefficient (Wildman–Crippen LogP) is 6.04. The number of ether oxygens (including phenoxy) is 2. The Balaban J connectivity index is 1.71. The molecule has 0 unspecified atom stereocenters. The van der Waals surface area contributed by atoms with Crippen molar-refractivity contribution in [2.75, 3.05) is 11.9 Å². The Bertz CT molecular complexity index is 751. The molecule has 150 valence electrons. The molecule has 4 heteroatoms. The van der Waals surface area contributed by atoms with Gasteiger partial charge in [-0.2, -0.15) is 0 Å². The Labute approximate surface area is 176 Å². The SMILES string of the molecule is CCOC(=O)C1CCC(CCBr)(c2cccc(OCc3ccccc3)c2)CC1. The number of benzene rings is 2. The van der Waals surface area contributed by atoms with Crippen LogP contribution >= 0.6 is 15.9 Å². The van der Waals surface area contributed by atoms with Gasteiger partial charge in [-0.1, -0.05) is 58.4 Å². The second kappa shape index (κ2) is 10.1. The van der Waals surface area contributed by atoms with Crippen LogP contribution in [0.3, 0.4) is 0 Å². The molecule has 3 nitrogen and oxygen atoms in total. The number of halogens is 1. The number of hydrogen-bond acceptors (Lipinski definition) is 3. The van der Waals surface area contributed by atoms with Gasteiger partial charge in [-0.15, -0.1) is 0 Å². The Kier molecular flexibility index (Phi) is 7.55. The fourth-order valence-corrected chi connectivity index (χ4v) is 4.95. The zero-order valence-electron chi connectivity index (χ0n) is 16.5. The summed E-state index contributed by atoms with van der Waals surface area (Å²) in [6.07, 6.45) is 4.85. The lowest BCUT2D eigenvalue weighted by Crippen LogP contribution is -2.35. The average Bonchev–Trinajstić information content (AvgIpc) is 2.74. The molecule has 1 aliphatic carbocycles. The molecule has 3 rings (SSSR count). The topological polar surface area (TPSA) is 35.5 Å². The van der Waals surface area contributed by atoms with Crippen LogP contribution in [0.25, 0.3) is 0 Å². The maximum atomic E-state index is 12.1. The van der Waals surface area contributed by atoms with Gasteiger partial charge in [-0.3, -0.25) is 4.79 Å². The van der Waals surface area contributed by atoms with Gasteiger partial charge in [0.05, 0.1) is 12.5 Å². The van der Waals surface area contributed by atoms with Gasteiger partial charge in [0.2, 0.25) is 0 Å². The summed E-state index contributed by atoms with van der Waals surface area (Å²) in [5, 5.41) is 0.951. The molecule has 0 aromatic heterocycles. The van der Waals surface area contributed by atoms with Crippen molar-refractivity contribution in [2.24, 2.45) is 5.92 Å². The maximum Gasteiger partial charge on any atom is 0.308 e. The van der Waals surface area contributed by atoms with Gasteiger partial charge in [-0.25, -0.2) is 0 Å². The van der Waals surface area contributed by atoms with Crippen LogP contribution in [0.4, 0.5) is 0 Å². The van der Waals surface area contributed by atoms with Gasteiger partial charge < -0.3 is 9.47 Å². The molecule has 0 N–H and O–H groups in total. The first-order chi connectivity index (χ1) is 13.7. The smallest absolute Gasteiger partial charge is 0.308 e. The van der Waals surface area contributed by atoms with E-state index in [-0.39, 0.29) is 17.3 Å². The number of carbonyl (C=O) groups is 1. The van der Waals surface area contributed by atoms with Crippen LogP contribution in [-0.2, 0) is 21.6 Å². The van der Waals surface area contributed by atoms with E-state index in [0.29, 0.717) is 13.2 Å². The van der Waals surface area contributed by atoms with Crippen molar-refractivity contribution in [1.29, 1.82) is 0 Å². The second-order valence-corrected chi connectivity index (χ2v) is 8.34. The highest BCUT2D eigenvalue weighted by Gasteiger charge is 2.38. The first-order valence-corrected chi connectivity index (χ1v) is 11.3. The van der Waals surface area contributed by atoms with Crippen LogP contribution in [0.2, 0.25) is 0 Å². The molecule has 0 bridgehead atoms. The molecular formula is C24H29BrO3. The van der Waals surface area contributed by atoms with Gasteiger partial charge >= 0.3 is 5.97 Å². The lowest BCUT2D eigenvalue weighted by molar-refractivity contribution is -0.149. The van der Waals surface area contributed by atoms with Crippen molar-refractivity contribution in [1.82, 2.24) is 0 Å². The van der Waals surface area contributed by atoms with Crippen LogP contribution in [-0.4, -0.2) is 17.9 Å². The van der Waals surface area contributed by atoms with Gasteiger partial charge in [0, 0.05) is 5.33 Å². The van der Waals surface area contributed by atoms with E-state index in [4.69, 9.17) is 9.47 Å². The normalized spacial score (nSPS) is 21.9. The number of hydrogen-bond donors (Lipinski definition) is 0. The number of alkyl halides is 1. The summed E-state index contributed by atoms with van der Waals surface area (Å²) < 4.78 is 11.3. The third kappa shape index (κ3) is 5.16. The summed E-state index contributed by atoms with van der Waals surface area (Å²) >= 11 is 3.64. The molecule has 0 radical (unpaired) electrons. The van der Waals surface area contributed by atoms with Crippen molar-refractivity contribution < 1.29 is 14.3 Å². The monoisotopic (exact) mass is 444 g/mol. The first kappa shape index (κ1) is 20.9. The minimum atomic E-state index is -0.0325. The molecule has 0 spiro atoms. The zero-order valence-corrected chi connectivity index (χ0v) is 18.1. The Morgan fingerprint density at radius 3 is 2.54 bits per heavy atom. The summed E-state index contributed by atoms with van der Waals surface area (Å²) in [6, 6.07) is 18.7. The van der Waals surface area contributed by atoms with Crippen molar-refractivity contribution >= 4 is 21.9 Å². The third-order valence-electron chi connectivity index (χ3n) is 5.83. The molecule has 0 aliphatic heterocycles. The second-order valence-electron chi connectivity index (χ2n) is 7.55. The summed E-state index contributed by atoms with van der Waals surface area (Å²) in [4.78, 5) is 12.1. The highest BCUT2D eigenvalue weighted by molar-refractivity contribution is 9.09. The van der Waals surface area contributed by atoms with Crippen LogP contribution in [0.15, 0.2) is 54.6 Å². The van der Waals surface area contributed by atoms with E-state index in [2.05, 4.69) is 46.3 Å². The fourth-order valence-electron chi connectivity index (χ4n) is 4.19. The van der Waals surface area contributed by atoms with E-state index in [9.17, 15) is 4.79 Å². The standard InChI is InChI=1S/C24H29BrO3/c1-2-27-23(26)20-11-13-24(14-12-20,15-16-25)21-9-6-10-22(17-21)28-18-19-7-4-3-5-8-19/h3-10,17,20H,2,11-16,18H2,1H3. The molecule has 28 heavy (non-hydrogen) atoms. The van der Waals surface area contributed by atoms with Gasteiger partial charge in [-0.05, 0) is 67.7 Å². The quantitative estimate of drug-likeness (QED) is 0.367. The molecule has 2 aromatic carbocycles. The molecule has 0 heterocycles. The molecule has 1 fully saturated rings. The van der Waals surface area contributed by atoms with Gasteiger partial charge in [0.15, 0.2) is 0 Å². The van der Waals surface area contributed by atoms with E-state index in [0.717, 1.165) is 48.7 Å². The van der Waals surface area contributed by atoms with Crippen molar-refractivity contribution in [3.05, 3.63) is 65.7 Å². The Morgan fingerprint density at radius 1 is 1.11 bits per heavy atom. The van der Waals surface area contributed by atoms with Crippen molar-refractivity contribution in [2.45, 2.75) is 51.0 Å². The summed E-state index contributed by atoms with van der Waals surface area (Å²) in [5.74, 6) is 0.915. The first-order valence-electron chi connectivity index (χ1n) is 10.2. The maximum absolute atomic E-state index is 12.1. The lowest BCUT2D eigenvalue weighted by atomic mass is 9.65. The zero-order chi connectivity index (χ0) is 19.8. The highest BCUT2D eigenvalue weighted by Crippen LogP contribution is 2.45. The number of esters is 1. The molecule has 1 aliphatic rings. The lowest BCUT2D eigenvalue weighted by Gasteiger charge is -2.40. The van der Waals surface area contributed by atoms with E-state index < -0.39 is 0 Å². The Morgan fingerprint density at radius 2 is 1.86 bits per heavy atom. The molecular weight excluding hydrogens is 416 g/mol. The minimum Gasteiger partial charge on any atom is -0.489 e. The van der Waals surface area contributed by atoms with E-state index >= 15 is 0 Å². The summed E-state index contributed by atoms with van der Waals surface area (Å²) in [5.41, 5.74) is 2.58. The van der Waals surface area contributed by atoms with Crippen LogP contribution in [0, 0.1) is 5.92 Å². The number of rotatable bonds is 8. The van der Waals surface area contributed by atoms with Crippen LogP contribution in [0.1, 0.15) is 50.2 Å². The van der Waals surface area contributed by atoms with E-state index in [1.165, 1.54) is 5.56 Å². The van der Waals surface area contributed by atoms with Crippen LogP contribution < -0.4 is 4.74 Å². The van der Waals surface area contributed by atoms with E-state index in [1.807, 2.05) is 31.2 Å². The van der Waals surface area contributed by atoms with E-state index in [1.54, 1.807) is 0 Å². The third-order valence-corrected chi connectivity index (χ3v) is 6.23. The summed E-state index contributed by atoms with van der Waals surface area (Å²) in [6.45, 7) is 2.90. The molecule has 2 aromatic rings. The van der Waals surface area contributed by atoms with Gasteiger partial charge in [0.25, 0.3) is 0 Å². The van der Waals surface area contributed by atoms with Crippen molar-refractivity contribution in [3.8, 4) is 5.75 Å². The largest absolute Gasteiger partial charge is 0.489 e. The van der Waals surface area contributed by atoms with Crippen LogP contribution in [0.5, 0.6) is 5.75 Å². The molecule has 0 amide bonds. The molecule has 1 saturated carbocycles. The predicted molar refractivity (Wildman–Crippen MR) is 116 cm³/mol. The highest BCUT2D eigenvalue weighted by atomic mass is 79.9.